The van der Waals surface area contributed by atoms with E-state index in [0.29, 0.717) is 19.3 Å². The van der Waals surface area contributed by atoms with Crippen LogP contribution in [0.15, 0.2) is 85.1 Å². The van der Waals surface area contributed by atoms with E-state index in [4.69, 9.17) is 14.2 Å². The normalized spacial score (nSPS) is 12.7. The third kappa shape index (κ3) is 57.5. The number of hydrogen-bond acceptors (Lipinski definition) is 6. The van der Waals surface area contributed by atoms with Crippen molar-refractivity contribution < 1.29 is 28.6 Å². The van der Waals surface area contributed by atoms with Crippen molar-refractivity contribution in [2.45, 2.75) is 303 Å². The van der Waals surface area contributed by atoms with E-state index in [-0.39, 0.29) is 37.5 Å². The number of rotatable bonds is 55. The standard InChI is InChI=1S/C66H114O6/c1-4-7-10-13-16-19-22-25-27-28-29-30-31-32-33-34-35-36-37-39-41-44-47-50-53-56-59-65(68)71-62-63(61-70-64(67)58-55-52-49-46-43-40-24-21-18-15-12-9-6-3)72-66(69)60-57-54-51-48-45-42-38-26-23-20-17-14-11-8-5-2/h8-9,11-12,17-18,20-21,26,38,40,43,49,52,63H,4-7,10,13-16,19,22-25,27-37,39,41-42,44-48,50-51,53-62H2,1-3H3/b11-8-,12-9-,20-17-,21-18-,38-26-,43-40-,52-49-. The van der Waals surface area contributed by atoms with Crippen molar-refractivity contribution in [3.63, 3.8) is 0 Å². The summed E-state index contributed by atoms with van der Waals surface area (Å²) in [6, 6.07) is 0. The molecule has 0 aromatic carbocycles. The van der Waals surface area contributed by atoms with E-state index in [0.717, 1.165) is 103 Å². The topological polar surface area (TPSA) is 78.9 Å². The summed E-state index contributed by atoms with van der Waals surface area (Å²) in [6.45, 7) is 6.36. The molecule has 6 heteroatoms. The molecule has 0 rings (SSSR count). The van der Waals surface area contributed by atoms with Crippen LogP contribution in [0.1, 0.15) is 297 Å². The summed E-state index contributed by atoms with van der Waals surface area (Å²) in [5.74, 6) is -0.998. The van der Waals surface area contributed by atoms with Crippen LogP contribution in [0.25, 0.3) is 0 Å². The van der Waals surface area contributed by atoms with Crippen LogP contribution < -0.4 is 0 Å². The minimum absolute atomic E-state index is 0.104. The number of esters is 3. The third-order valence-electron chi connectivity index (χ3n) is 13.2. The van der Waals surface area contributed by atoms with E-state index in [1.54, 1.807) is 0 Å². The molecule has 414 valence electrons. The van der Waals surface area contributed by atoms with Crippen LogP contribution in [0, 0.1) is 0 Å². The second-order valence-electron chi connectivity index (χ2n) is 20.2. The fraction of sp³-hybridized carbons (Fsp3) is 0.742. The molecule has 72 heavy (non-hydrogen) atoms. The first-order chi connectivity index (χ1) is 35.5. The fourth-order valence-electron chi connectivity index (χ4n) is 8.65. The molecule has 0 amide bonds. The first kappa shape index (κ1) is 68.6. The van der Waals surface area contributed by atoms with Crippen molar-refractivity contribution in [1.82, 2.24) is 0 Å². The molecule has 6 nitrogen and oxygen atoms in total. The number of ether oxygens (including phenoxy) is 3. The summed E-state index contributed by atoms with van der Waals surface area (Å²) < 4.78 is 16.8. The van der Waals surface area contributed by atoms with Crippen LogP contribution in [0.5, 0.6) is 0 Å². The second-order valence-corrected chi connectivity index (χ2v) is 20.2. The molecule has 0 heterocycles. The molecule has 0 aliphatic heterocycles. The van der Waals surface area contributed by atoms with Gasteiger partial charge in [-0.15, -0.1) is 0 Å². The largest absolute Gasteiger partial charge is 0.462 e. The highest BCUT2D eigenvalue weighted by Gasteiger charge is 2.19. The predicted molar refractivity (Wildman–Crippen MR) is 311 cm³/mol. The van der Waals surface area contributed by atoms with Crippen molar-refractivity contribution in [2.75, 3.05) is 13.2 Å². The zero-order valence-electron chi connectivity index (χ0n) is 47.4. The molecule has 0 aromatic heterocycles. The van der Waals surface area contributed by atoms with Crippen LogP contribution >= 0.6 is 0 Å². The summed E-state index contributed by atoms with van der Waals surface area (Å²) in [4.78, 5) is 38.1. The van der Waals surface area contributed by atoms with Crippen LogP contribution in [-0.4, -0.2) is 37.2 Å². The summed E-state index contributed by atoms with van der Waals surface area (Å²) in [6.07, 6.45) is 79.1. The first-order valence-corrected chi connectivity index (χ1v) is 30.6. The van der Waals surface area contributed by atoms with E-state index in [1.165, 1.54) is 148 Å². The quantitative estimate of drug-likeness (QED) is 0.0261. The minimum Gasteiger partial charge on any atom is -0.462 e. The Morgan fingerprint density at radius 3 is 0.931 bits per heavy atom. The van der Waals surface area contributed by atoms with Crippen molar-refractivity contribution in [1.29, 1.82) is 0 Å². The van der Waals surface area contributed by atoms with Gasteiger partial charge in [0, 0.05) is 19.3 Å². The van der Waals surface area contributed by atoms with E-state index in [9.17, 15) is 14.4 Å². The lowest BCUT2D eigenvalue weighted by Crippen LogP contribution is -2.30. The van der Waals surface area contributed by atoms with Gasteiger partial charge in [0.25, 0.3) is 0 Å². The molecule has 0 radical (unpaired) electrons. The molecule has 0 spiro atoms. The van der Waals surface area contributed by atoms with Gasteiger partial charge in [0.15, 0.2) is 6.10 Å². The monoisotopic (exact) mass is 1000 g/mol. The highest BCUT2D eigenvalue weighted by Crippen LogP contribution is 2.17. The maximum Gasteiger partial charge on any atom is 0.306 e. The van der Waals surface area contributed by atoms with E-state index >= 15 is 0 Å². The molecule has 0 saturated heterocycles. The molecule has 0 aromatic rings. The van der Waals surface area contributed by atoms with Crippen molar-refractivity contribution in [3.05, 3.63) is 85.1 Å². The lowest BCUT2D eigenvalue weighted by Gasteiger charge is -2.18. The summed E-state index contributed by atoms with van der Waals surface area (Å²) in [7, 11) is 0. The van der Waals surface area contributed by atoms with Gasteiger partial charge in [-0.05, 0) is 77.0 Å². The summed E-state index contributed by atoms with van der Waals surface area (Å²) in [5.41, 5.74) is 0. The number of unbranched alkanes of at least 4 members (excludes halogenated alkanes) is 30. The Bertz CT molecular complexity index is 1380. The third-order valence-corrected chi connectivity index (χ3v) is 13.2. The lowest BCUT2D eigenvalue weighted by atomic mass is 10.0. The molecule has 1 unspecified atom stereocenters. The Kier molecular flexibility index (Phi) is 57.3. The van der Waals surface area contributed by atoms with Gasteiger partial charge in [0.05, 0.1) is 0 Å². The van der Waals surface area contributed by atoms with E-state index < -0.39 is 6.10 Å². The number of carbonyl (C=O) groups excluding carboxylic acids is 3. The zero-order chi connectivity index (χ0) is 52.2. The van der Waals surface area contributed by atoms with Gasteiger partial charge >= 0.3 is 17.9 Å². The molecule has 0 saturated carbocycles. The van der Waals surface area contributed by atoms with E-state index in [2.05, 4.69) is 99.8 Å². The molecular formula is C66H114O6. The Morgan fingerprint density at radius 2 is 0.569 bits per heavy atom. The maximum atomic E-state index is 12.8. The average molecular weight is 1000 g/mol. The van der Waals surface area contributed by atoms with Gasteiger partial charge in [-0.1, -0.05) is 286 Å². The van der Waals surface area contributed by atoms with Crippen LogP contribution in [-0.2, 0) is 28.6 Å². The molecule has 0 aliphatic carbocycles. The second kappa shape index (κ2) is 60.1. The number of allylic oxidation sites excluding steroid dienone is 14. The fourth-order valence-corrected chi connectivity index (χ4v) is 8.65. The highest BCUT2D eigenvalue weighted by molar-refractivity contribution is 5.71. The summed E-state index contributed by atoms with van der Waals surface area (Å²) >= 11 is 0. The molecule has 0 aliphatic rings. The van der Waals surface area contributed by atoms with Crippen LogP contribution in [0.3, 0.4) is 0 Å². The van der Waals surface area contributed by atoms with Gasteiger partial charge < -0.3 is 14.2 Å². The van der Waals surface area contributed by atoms with Crippen LogP contribution in [0.2, 0.25) is 0 Å². The lowest BCUT2D eigenvalue weighted by molar-refractivity contribution is -0.166. The van der Waals surface area contributed by atoms with Crippen molar-refractivity contribution in [2.24, 2.45) is 0 Å². The zero-order valence-corrected chi connectivity index (χ0v) is 47.4. The number of carbonyl (C=O) groups is 3. The Labute approximate surface area is 445 Å². The molecule has 0 fully saturated rings. The van der Waals surface area contributed by atoms with Gasteiger partial charge in [0.2, 0.25) is 0 Å². The Hall–Kier alpha value is -3.41. The number of hydrogen-bond donors (Lipinski definition) is 0. The van der Waals surface area contributed by atoms with E-state index in [1.807, 2.05) is 6.08 Å². The van der Waals surface area contributed by atoms with Gasteiger partial charge in [-0.2, -0.15) is 0 Å². The van der Waals surface area contributed by atoms with Gasteiger partial charge in [-0.25, -0.2) is 0 Å². The molecule has 0 bridgehead atoms. The predicted octanol–water partition coefficient (Wildman–Crippen LogP) is 20.7. The van der Waals surface area contributed by atoms with Gasteiger partial charge in [-0.3, -0.25) is 14.4 Å². The minimum atomic E-state index is -0.814. The average Bonchev–Trinajstić information content (AvgIpc) is 3.38. The SMILES string of the molecule is CC/C=C\C/C=C\C/C=C\C/C=C\CCC(=O)OCC(COC(=O)CCCCCCCCCCCCCCCCCCCCCCCCCCCC)OC(=O)CCCCCCC/C=C\C/C=C\C/C=C\CC. The van der Waals surface area contributed by atoms with Crippen molar-refractivity contribution >= 4 is 17.9 Å². The first-order valence-electron chi connectivity index (χ1n) is 30.6. The Balaban J connectivity index is 4.28. The van der Waals surface area contributed by atoms with Crippen LogP contribution in [0.4, 0.5) is 0 Å². The highest BCUT2D eigenvalue weighted by atomic mass is 16.6. The molecule has 0 N–H and O–H groups in total. The molecular weight excluding hydrogens is 889 g/mol. The van der Waals surface area contributed by atoms with Gasteiger partial charge in [0.1, 0.15) is 13.2 Å². The maximum absolute atomic E-state index is 12.8. The Morgan fingerprint density at radius 1 is 0.292 bits per heavy atom. The molecule has 1 atom stereocenters. The van der Waals surface area contributed by atoms with Crippen molar-refractivity contribution in [3.8, 4) is 0 Å². The summed E-state index contributed by atoms with van der Waals surface area (Å²) in [5, 5.41) is 0. The smallest absolute Gasteiger partial charge is 0.306 e.